The van der Waals surface area contributed by atoms with Crippen LogP contribution in [0, 0.1) is 5.82 Å². The van der Waals surface area contributed by atoms with Gasteiger partial charge in [0.25, 0.3) is 5.91 Å². The number of pyridine rings is 1. The Morgan fingerprint density at radius 1 is 1.26 bits per heavy atom. The molecule has 2 atom stereocenters. The predicted molar refractivity (Wildman–Crippen MR) is 132 cm³/mol. The van der Waals surface area contributed by atoms with E-state index in [4.69, 9.17) is 5.73 Å². The number of rotatable bonds is 7. The molecule has 3 aromatic rings. The third kappa shape index (κ3) is 5.50. The first-order chi connectivity index (χ1) is 16.7. The first-order valence-corrected chi connectivity index (χ1v) is 13.0. The van der Waals surface area contributed by atoms with Crippen molar-refractivity contribution in [3.05, 3.63) is 83.3 Å². The van der Waals surface area contributed by atoms with Crippen LogP contribution in [0.2, 0.25) is 0 Å². The SMILES string of the molecule is CS(=O)(=O)N1CCC(c2cnc(N)c(-c3ccc(C(=O)NC(CO)c4ccccc4)c(F)c3)c2)C1. The molecular weight excluding hydrogens is 471 g/mol. The Labute approximate surface area is 203 Å². The number of sulfonamides is 1. The van der Waals surface area contributed by atoms with E-state index < -0.39 is 27.8 Å². The fourth-order valence-electron chi connectivity index (χ4n) is 4.27. The third-order valence-corrected chi connectivity index (χ3v) is 7.52. The number of aliphatic hydroxyl groups is 1. The van der Waals surface area contributed by atoms with Gasteiger partial charge in [-0.3, -0.25) is 4.79 Å². The van der Waals surface area contributed by atoms with Crippen molar-refractivity contribution in [3.63, 3.8) is 0 Å². The minimum atomic E-state index is -3.28. The van der Waals surface area contributed by atoms with Gasteiger partial charge < -0.3 is 16.2 Å². The van der Waals surface area contributed by atoms with Gasteiger partial charge in [0.2, 0.25) is 10.0 Å². The van der Waals surface area contributed by atoms with Gasteiger partial charge >= 0.3 is 0 Å². The molecule has 1 fully saturated rings. The lowest BCUT2D eigenvalue weighted by molar-refractivity contribution is 0.0912. The summed E-state index contributed by atoms with van der Waals surface area (Å²) in [6, 6.07) is 14.2. The lowest BCUT2D eigenvalue weighted by Gasteiger charge is -2.17. The summed E-state index contributed by atoms with van der Waals surface area (Å²) in [5.41, 5.74) is 8.38. The molecule has 4 rings (SSSR count). The van der Waals surface area contributed by atoms with E-state index in [1.165, 1.54) is 22.7 Å². The number of nitrogens with one attached hydrogen (secondary N) is 1. The quantitative estimate of drug-likeness (QED) is 0.460. The molecule has 35 heavy (non-hydrogen) atoms. The summed E-state index contributed by atoms with van der Waals surface area (Å²) in [6.45, 7) is 0.451. The molecule has 1 saturated heterocycles. The molecule has 0 aliphatic carbocycles. The summed E-state index contributed by atoms with van der Waals surface area (Å²) in [5, 5.41) is 12.3. The Bertz CT molecular complexity index is 1330. The zero-order valence-corrected chi connectivity index (χ0v) is 20.0. The Morgan fingerprint density at radius 2 is 2.00 bits per heavy atom. The van der Waals surface area contributed by atoms with E-state index in [-0.39, 0.29) is 23.9 Å². The summed E-state index contributed by atoms with van der Waals surface area (Å²) in [6.07, 6.45) is 3.45. The average molecular weight is 499 g/mol. The standard InChI is InChI=1S/C25H27FN4O4S/c1-35(33,34)30-10-9-18(14-30)19-11-21(24(27)28-13-19)17-7-8-20(22(26)12-17)25(32)29-23(15-31)16-5-3-2-4-6-16/h2-8,11-13,18,23,31H,9-10,14-15H2,1H3,(H2,27,28)(H,29,32). The van der Waals surface area contributed by atoms with Gasteiger partial charge in [-0.15, -0.1) is 0 Å². The van der Waals surface area contributed by atoms with E-state index in [1.54, 1.807) is 42.6 Å². The van der Waals surface area contributed by atoms with Crippen molar-refractivity contribution in [1.29, 1.82) is 0 Å². The summed E-state index contributed by atoms with van der Waals surface area (Å²) >= 11 is 0. The summed E-state index contributed by atoms with van der Waals surface area (Å²) in [5.74, 6) is -1.23. The lowest BCUT2D eigenvalue weighted by Crippen LogP contribution is -2.31. The largest absolute Gasteiger partial charge is 0.394 e. The topological polar surface area (TPSA) is 126 Å². The van der Waals surface area contributed by atoms with Crippen LogP contribution in [0.25, 0.3) is 11.1 Å². The molecule has 0 saturated carbocycles. The number of aliphatic hydroxyl groups excluding tert-OH is 1. The molecule has 2 heterocycles. The number of carbonyl (C=O) groups is 1. The fourth-order valence-corrected chi connectivity index (χ4v) is 5.16. The predicted octanol–water partition coefficient (Wildman–Crippen LogP) is 2.68. The fraction of sp³-hybridized carbons (Fsp3) is 0.280. The molecule has 8 nitrogen and oxygen atoms in total. The second-order valence-electron chi connectivity index (χ2n) is 8.62. The van der Waals surface area contributed by atoms with Crippen LogP contribution in [0.5, 0.6) is 0 Å². The number of amides is 1. The molecule has 4 N–H and O–H groups in total. The van der Waals surface area contributed by atoms with Gasteiger partial charge in [0.15, 0.2) is 0 Å². The van der Waals surface area contributed by atoms with E-state index >= 15 is 4.39 Å². The molecule has 0 bridgehead atoms. The van der Waals surface area contributed by atoms with E-state index in [9.17, 15) is 18.3 Å². The first kappa shape index (κ1) is 24.8. The molecule has 0 spiro atoms. The van der Waals surface area contributed by atoms with Gasteiger partial charge in [-0.2, -0.15) is 0 Å². The molecule has 10 heteroatoms. The summed E-state index contributed by atoms with van der Waals surface area (Å²) < 4.78 is 40.1. The smallest absolute Gasteiger partial charge is 0.254 e. The zero-order chi connectivity index (χ0) is 25.2. The normalized spacial score (nSPS) is 17.3. The Hall–Kier alpha value is -3.34. The van der Waals surface area contributed by atoms with Gasteiger partial charge in [-0.1, -0.05) is 36.4 Å². The van der Waals surface area contributed by atoms with Crippen molar-refractivity contribution in [2.75, 3.05) is 31.7 Å². The number of nitrogens with two attached hydrogens (primary N) is 1. The van der Waals surface area contributed by atoms with E-state index in [1.807, 2.05) is 6.07 Å². The van der Waals surface area contributed by atoms with Gasteiger partial charge in [0.05, 0.1) is 24.5 Å². The number of aromatic nitrogens is 1. The van der Waals surface area contributed by atoms with Crippen LogP contribution in [0.4, 0.5) is 10.2 Å². The Balaban J connectivity index is 1.55. The van der Waals surface area contributed by atoms with Crippen molar-refractivity contribution in [2.24, 2.45) is 0 Å². The summed E-state index contributed by atoms with van der Waals surface area (Å²) in [4.78, 5) is 16.9. The number of carbonyl (C=O) groups excluding carboxylic acids is 1. The van der Waals surface area contributed by atoms with E-state index in [0.29, 0.717) is 36.2 Å². The highest BCUT2D eigenvalue weighted by molar-refractivity contribution is 7.88. The minimum absolute atomic E-state index is 0.0418. The highest BCUT2D eigenvalue weighted by atomic mass is 32.2. The lowest BCUT2D eigenvalue weighted by atomic mass is 9.96. The number of hydrogen-bond donors (Lipinski definition) is 3. The number of hydrogen-bond acceptors (Lipinski definition) is 6. The van der Waals surface area contributed by atoms with Crippen LogP contribution in [-0.4, -0.2) is 54.7 Å². The number of anilines is 1. The molecule has 2 unspecified atom stereocenters. The van der Waals surface area contributed by atoms with Crippen molar-refractivity contribution < 1.29 is 22.7 Å². The molecule has 1 aliphatic heterocycles. The van der Waals surface area contributed by atoms with Crippen LogP contribution in [0.15, 0.2) is 60.8 Å². The van der Waals surface area contributed by atoms with E-state index in [2.05, 4.69) is 10.3 Å². The average Bonchev–Trinajstić information content (AvgIpc) is 3.34. The molecule has 2 aromatic carbocycles. The number of nitrogens with zero attached hydrogens (tertiary/aromatic N) is 2. The summed E-state index contributed by atoms with van der Waals surface area (Å²) in [7, 11) is -3.28. The van der Waals surface area contributed by atoms with Gasteiger partial charge in [0.1, 0.15) is 11.6 Å². The van der Waals surface area contributed by atoms with Crippen molar-refractivity contribution in [2.45, 2.75) is 18.4 Å². The van der Waals surface area contributed by atoms with Crippen molar-refractivity contribution in [1.82, 2.24) is 14.6 Å². The highest BCUT2D eigenvalue weighted by Gasteiger charge is 2.30. The van der Waals surface area contributed by atoms with Gasteiger partial charge in [-0.05, 0) is 41.3 Å². The molecule has 1 aromatic heterocycles. The molecule has 1 aliphatic rings. The zero-order valence-electron chi connectivity index (χ0n) is 19.2. The maximum atomic E-state index is 15.0. The Kier molecular flexibility index (Phi) is 7.15. The van der Waals surface area contributed by atoms with Crippen LogP contribution >= 0.6 is 0 Å². The first-order valence-electron chi connectivity index (χ1n) is 11.1. The molecule has 0 radical (unpaired) electrons. The third-order valence-electron chi connectivity index (χ3n) is 6.25. The molecule has 1 amide bonds. The number of nitrogen functional groups attached to an aromatic ring is 1. The van der Waals surface area contributed by atoms with Gasteiger partial charge in [0, 0.05) is 30.8 Å². The monoisotopic (exact) mass is 498 g/mol. The van der Waals surface area contributed by atoms with Gasteiger partial charge in [-0.25, -0.2) is 22.1 Å². The second-order valence-corrected chi connectivity index (χ2v) is 10.6. The number of halogens is 1. The minimum Gasteiger partial charge on any atom is -0.394 e. The number of benzene rings is 2. The second kappa shape index (κ2) is 10.1. The van der Waals surface area contributed by atoms with Crippen LogP contribution in [-0.2, 0) is 10.0 Å². The molecular formula is C25H27FN4O4S. The maximum Gasteiger partial charge on any atom is 0.254 e. The van der Waals surface area contributed by atoms with Crippen LogP contribution in [0.3, 0.4) is 0 Å². The van der Waals surface area contributed by atoms with Crippen molar-refractivity contribution >= 4 is 21.7 Å². The molecule has 184 valence electrons. The maximum absolute atomic E-state index is 15.0. The van der Waals surface area contributed by atoms with Crippen LogP contribution in [0.1, 0.15) is 39.9 Å². The van der Waals surface area contributed by atoms with Crippen LogP contribution < -0.4 is 11.1 Å². The van der Waals surface area contributed by atoms with Crippen molar-refractivity contribution in [3.8, 4) is 11.1 Å². The Morgan fingerprint density at radius 3 is 2.63 bits per heavy atom. The van der Waals surface area contributed by atoms with E-state index in [0.717, 1.165) is 5.56 Å². The highest BCUT2D eigenvalue weighted by Crippen LogP contribution is 2.33.